The highest BCUT2D eigenvalue weighted by atomic mass is 19.3. The maximum absolute atomic E-state index is 12.3. The average Bonchev–Trinajstić information content (AvgIpc) is 2.57. The Morgan fingerprint density at radius 2 is 2.04 bits per heavy atom. The minimum atomic E-state index is -2.88. The first-order valence-corrected chi connectivity index (χ1v) is 7.55. The molecule has 128 valence electrons. The Labute approximate surface area is 137 Å². The molecule has 3 rings (SSSR count). The Kier molecular flexibility index (Phi) is 5.05. The molecular formula is C16H17F2N3O3. The predicted octanol–water partition coefficient (Wildman–Crippen LogP) is 1.73. The first-order chi connectivity index (χ1) is 11.6. The molecule has 0 amide bonds. The van der Waals surface area contributed by atoms with E-state index in [9.17, 15) is 13.6 Å². The van der Waals surface area contributed by atoms with Gasteiger partial charge in [0.15, 0.2) is 0 Å². The van der Waals surface area contributed by atoms with E-state index in [2.05, 4.69) is 9.84 Å². The van der Waals surface area contributed by atoms with Gasteiger partial charge >= 0.3 is 6.61 Å². The van der Waals surface area contributed by atoms with Gasteiger partial charge < -0.3 is 14.4 Å². The van der Waals surface area contributed by atoms with Gasteiger partial charge in [0.1, 0.15) is 5.75 Å². The van der Waals surface area contributed by atoms with Crippen molar-refractivity contribution in [2.75, 3.05) is 31.2 Å². The van der Waals surface area contributed by atoms with Gasteiger partial charge in [0.05, 0.1) is 31.6 Å². The molecule has 0 saturated carbocycles. The molecule has 0 aliphatic carbocycles. The van der Waals surface area contributed by atoms with E-state index in [1.165, 1.54) is 22.9 Å². The third-order valence-corrected chi connectivity index (χ3v) is 3.69. The first-order valence-electron chi connectivity index (χ1n) is 7.55. The molecule has 1 aromatic carbocycles. The van der Waals surface area contributed by atoms with Crippen LogP contribution in [-0.4, -0.2) is 42.7 Å². The number of rotatable bonds is 5. The summed E-state index contributed by atoms with van der Waals surface area (Å²) in [4.78, 5) is 14.3. The van der Waals surface area contributed by atoms with Crippen molar-refractivity contribution in [2.24, 2.45) is 0 Å². The van der Waals surface area contributed by atoms with E-state index < -0.39 is 6.61 Å². The van der Waals surface area contributed by atoms with Gasteiger partial charge in [-0.25, -0.2) is 4.68 Å². The molecule has 2 heterocycles. The van der Waals surface area contributed by atoms with Crippen LogP contribution in [0.1, 0.15) is 5.56 Å². The van der Waals surface area contributed by atoms with E-state index in [4.69, 9.17) is 4.74 Å². The molecule has 8 heteroatoms. The molecule has 0 unspecified atom stereocenters. The van der Waals surface area contributed by atoms with Crippen molar-refractivity contribution < 1.29 is 18.3 Å². The number of hydrogen-bond donors (Lipinski definition) is 0. The van der Waals surface area contributed by atoms with Crippen molar-refractivity contribution in [3.05, 3.63) is 52.4 Å². The Hall–Kier alpha value is -2.48. The van der Waals surface area contributed by atoms with Crippen LogP contribution in [0.5, 0.6) is 5.75 Å². The minimum absolute atomic E-state index is 0.0560. The van der Waals surface area contributed by atoms with Crippen LogP contribution in [0.25, 0.3) is 0 Å². The van der Waals surface area contributed by atoms with Crippen molar-refractivity contribution in [1.29, 1.82) is 0 Å². The van der Waals surface area contributed by atoms with E-state index >= 15 is 0 Å². The second kappa shape index (κ2) is 7.39. The van der Waals surface area contributed by atoms with Gasteiger partial charge in [0, 0.05) is 19.2 Å². The number of morpholine rings is 1. The molecule has 1 saturated heterocycles. The van der Waals surface area contributed by atoms with Crippen LogP contribution < -0.4 is 15.2 Å². The van der Waals surface area contributed by atoms with Crippen molar-refractivity contribution in [3.8, 4) is 5.75 Å². The van der Waals surface area contributed by atoms with E-state index in [0.29, 0.717) is 18.8 Å². The molecule has 1 aromatic heterocycles. The zero-order valence-electron chi connectivity index (χ0n) is 12.9. The van der Waals surface area contributed by atoms with E-state index in [1.54, 1.807) is 18.3 Å². The molecule has 0 radical (unpaired) electrons. The first kappa shape index (κ1) is 16.4. The van der Waals surface area contributed by atoms with Crippen LogP contribution in [0.4, 0.5) is 14.5 Å². The smallest absolute Gasteiger partial charge is 0.387 e. The predicted molar refractivity (Wildman–Crippen MR) is 83.7 cm³/mol. The minimum Gasteiger partial charge on any atom is -0.435 e. The number of hydrogen-bond acceptors (Lipinski definition) is 5. The molecule has 1 aliphatic rings. The molecule has 0 spiro atoms. The molecule has 0 bridgehead atoms. The highest BCUT2D eigenvalue weighted by Crippen LogP contribution is 2.17. The summed E-state index contributed by atoms with van der Waals surface area (Å²) in [7, 11) is 0. The van der Waals surface area contributed by atoms with Crippen molar-refractivity contribution in [1.82, 2.24) is 9.78 Å². The maximum atomic E-state index is 12.3. The fraction of sp³-hybridized carbons (Fsp3) is 0.375. The normalized spacial score (nSPS) is 14.9. The standard InChI is InChI=1S/C16H17F2N3O3/c17-16(18)24-14-3-1-2-12(8-14)11-21-15(22)9-13(10-19-21)20-4-6-23-7-5-20/h1-3,8-10,16H,4-7,11H2. The summed E-state index contributed by atoms with van der Waals surface area (Å²) in [5.74, 6) is 0.0560. The molecule has 2 aromatic rings. The molecule has 1 aliphatic heterocycles. The second-order valence-electron chi connectivity index (χ2n) is 5.33. The highest BCUT2D eigenvalue weighted by molar-refractivity contribution is 5.43. The molecule has 1 fully saturated rings. The lowest BCUT2D eigenvalue weighted by atomic mass is 10.2. The van der Waals surface area contributed by atoms with Gasteiger partial charge in [-0.15, -0.1) is 0 Å². The zero-order chi connectivity index (χ0) is 16.9. The summed E-state index contributed by atoms with van der Waals surface area (Å²) in [6, 6.07) is 7.75. The number of aromatic nitrogens is 2. The Bertz CT molecular complexity index is 745. The summed E-state index contributed by atoms with van der Waals surface area (Å²) in [6.07, 6.45) is 1.63. The fourth-order valence-electron chi connectivity index (χ4n) is 2.53. The van der Waals surface area contributed by atoms with Crippen molar-refractivity contribution in [2.45, 2.75) is 13.2 Å². The number of alkyl halides is 2. The third-order valence-electron chi connectivity index (χ3n) is 3.69. The van der Waals surface area contributed by atoms with Crippen molar-refractivity contribution >= 4 is 5.69 Å². The van der Waals surface area contributed by atoms with Crippen LogP contribution in [0.3, 0.4) is 0 Å². The van der Waals surface area contributed by atoms with Crippen LogP contribution in [0.15, 0.2) is 41.3 Å². The Morgan fingerprint density at radius 1 is 1.25 bits per heavy atom. The van der Waals surface area contributed by atoms with Crippen LogP contribution >= 0.6 is 0 Å². The molecule has 24 heavy (non-hydrogen) atoms. The van der Waals surface area contributed by atoms with Gasteiger partial charge in [-0.05, 0) is 17.7 Å². The van der Waals surface area contributed by atoms with Gasteiger partial charge in [-0.1, -0.05) is 12.1 Å². The van der Waals surface area contributed by atoms with E-state index in [-0.39, 0.29) is 17.9 Å². The van der Waals surface area contributed by atoms with E-state index in [1.807, 2.05) is 4.90 Å². The van der Waals surface area contributed by atoms with E-state index in [0.717, 1.165) is 18.8 Å². The van der Waals surface area contributed by atoms with Gasteiger partial charge in [-0.3, -0.25) is 4.79 Å². The van der Waals surface area contributed by atoms with Crippen LogP contribution in [-0.2, 0) is 11.3 Å². The summed E-state index contributed by atoms with van der Waals surface area (Å²) < 4.78 is 35.4. The van der Waals surface area contributed by atoms with Gasteiger partial charge in [0.25, 0.3) is 5.56 Å². The summed E-state index contributed by atoms with van der Waals surface area (Å²) in [5.41, 5.74) is 1.16. The van der Waals surface area contributed by atoms with Gasteiger partial charge in [0.2, 0.25) is 0 Å². The Balaban J connectivity index is 1.74. The SMILES string of the molecule is O=c1cc(N2CCOCC2)cnn1Cc1cccc(OC(F)F)c1. The number of nitrogens with zero attached hydrogens (tertiary/aromatic N) is 3. The fourth-order valence-corrected chi connectivity index (χ4v) is 2.53. The third kappa shape index (κ3) is 4.08. The quantitative estimate of drug-likeness (QED) is 0.832. The summed E-state index contributed by atoms with van der Waals surface area (Å²) >= 11 is 0. The van der Waals surface area contributed by atoms with Gasteiger partial charge in [-0.2, -0.15) is 13.9 Å². The summed E-state index contributed by atoms with van der Waals surface area (Å²) in [5, 5.41) is 4.17. The largest absolute Gasteiger partial charge is 0.435 e. The number of halogens is 2. The zero-order valence-corrected chi connectivity index (χ0v) is 12.9. The lowest BCUT2D eigenvalue weighted by Crippen LogP contribution is -2.37. The number of anilines is 1. The number of benzene rings is 1. The second-order valence-corrected chi connectivity index (χ2v) is 5.33. The molecule has 6 nitrogen and oxygen atoms in total. The maximum Gasteiger partial charge on any atom is 0.387 e. The highest BCUT2D eigenvalue weighted by Gasteiger charge is 2.13. The molecule has 0 N–H and O–H groups in total. The van der Waals surface area contributed by atoms with Crippen molar-refractivity contribution in [3.63, 3.8) is 0 Å². The lowest BCUT2D eigenvalue weighted by molar-refractivity contribution is -0.0498. The molecular weight excluding hydrogens is 320 g/mol. The summed E-state index contributed by atoms with van der Waals surface area (Å²) in [6.45, 7) is -0.00666. The molecule has 0 atom stereocenters. The lowest BCUT2D eigenvalue weighted by Gasteiger charge is -2.28. The average molecular weight is 337 g/mol. The monoisotopic (exact) mass is 337 g/mol. The van der Waals surface area contributed by atoms with Crippen LogP contribution in [0.2, 0.25) is 0 Å². The Morgan fingerprint density at radius 3 is 2.75 bits per heavy atom. The van der Waals surface area contributed by atoms with Crippen LogP contribution in [0, 0.1) is 0 Å². The topological polar surface area (TPSA) is 56.6 Å². The number of ether oxygens (including phenoxy) is 2.